The van der Waals surface area contributed by atoms with Crippen LogP contribution in [0, 0.1) is 0 Å². The molecule has 13 heteroatoms. The number of anilines is 2. The number of aryl methyl sites for hydroxylation is 1. The second-order valence-corrected chi connectivity index (χ2v) is 9.09. The van der Waals surface area contributed by atoms with Gasteiger partial charge in [0.05, 0.1) is 12.3 Å². The van der Waals surface area contributed by atoms with Crippen LogP contribution in [0.25, 0.3) is 0 Å². The van der Waals surface area contributed by atoms with Crippen LogP contribution in [0.4, 0.5) is 10.9 Å². The zero-order valence-electron chi connectivity index (χ0n) is 19.4. The highest BCUT2D eigenvalue weighted by molar-refractivity contribution is 7.99. The molecule has 190 valence electrons. The number of pyridine rings is 3. The molecule has 0 radical (unpaired) electrons. The number of aromatic nitrogens is 5. The van der Waals surface area contributed by atoms with Crippen molar-refractivity contribution in [3.63, 3.8) is 0 Å². The first-order valence-electron chi connectivity index (χ1n) is 10.7. The van der Waals surface area contributed by atoms with Crippen LogP contribution in [0.1, 0.15) is 24.5 Å². The average molecular weight is 549 g/mol. The molecule has 0 aliphatic heterocycles. The number of nitrogens with one attached hydrogen (secondary N) is 1. The lowest BCUT2D eigenvalue weighted by Crippen LogP contribution is -2.24. The number of ether oxygens (including phenoxy) is 2. The lowest BCUT2D eigenvalue weighted by molar-refractivity contribution is -0.0305. The smallest absolute Gasteiger partial charge is 0.208 e. The molecule has 0 bridgehead atoms. The molecule has 4 rings (SSSR count). The molecule has 0 saturated heterocycles. The van der Waals surface area contributed by atoms with E-state index in [1.54, 1.807) is 18.6 Å². The number of halogens is 1. The Balaban J connectivity index is 0.00000361. The summed E-state index contributed by atoms with van der Waals surface area (Å²) in [5.41, 5.74) is 0.815. The van der Waals surface area contributed by atoms with Gasteiger partial charge in [0.1, 0.15) is 23.0 Å². The average Bonchev–Trinajstić information content (AvgIpc) is 3.35. The number of aliphatic hydroxyl groups excluding tert-OH is 2. The molecule has 0 amide bonds. The summed E-state index contributed by atoms with van der Waals surface area (Å²) < 4.78 is 15.3. The number of rotatable bonds is 11. The second kappa shape index (κ2) is 13.4. The lowest BCUT2D eigenvalue weighted by atomic mass is 10.2. The van der Waals surface area contributed by atoms with E-state index in [0.717, 1.165) is 27.1 Å². The molecule has 4 heterocycles. The molecule has 0 spiro atoms. The molecule has 0 saturated carbocycles. The summed E-state index contributed by atoms with van der Waals surface area (Å²) >= 11 is 2.49. The number of aliphatic hydroxyl groups is 2. The summed E-state index contributed by atoms with van der Waals surface area (Å²) in [5, 5.41) is 24.5. The van der Waals surface area contributed by atoms with Gasteiger partial charge in [0.25, 0.3) is 0 Å². The summed E-state index contributed by atoms with van der Waals surface area (Å²) in [4.78, 5) is 18.4. The van der Waals surface area contributed by atoms with Crippen LogP contribution in [0.15, 0.2) is 64.9 Å². The van der Waals surface area contributed by atoms with Crippen LogP contribution >= 0.6 is 35.7 Å². The first-order chi connectivity index (χ1) is 17.1. The maximum atomic E-state index is 10.3. The largest absolute Gasteiger partial charge is 0.452 e. The van der Waals surface area contributed by atoms with Gasteiger partial charge < -0.3 is 25.0 Å². The molecule has 0 aliphatic rings. The van der Waals surface area contributed by atoms with Gasteiger partial charge in [0.2, 0.25) is 5.13 Å². The van der Waals surface area contributed by atoms with Gasteiger partial charge >= 0.3 is 0 Å². The number of methoxy groups -OCH3 is 1. The third-order valence-electron chi connectivity index (χ3n) is 4.72. The van der Waals surface area contributed by atoms with Gasteiger partial charge in [-0.1, -0.05) is 24.8 Å². The van der Waals surface area contributed by atoms with Crippen molar-refractivity contribution in [2.75, 3.05) is 19.0 Å². The van der Waals surface area contributed by atoms with Crippen molar-refractivity contribution >= 4 is 46.7 Å². The van der Waals surface area contributed by atoms with Gasteiger partial charge in [-0.05, 0) is 30.7 Å². The van der Waals surface area contributed by atoms with Crippen LogP contribution in [-0.2, 0) is 11.2 Å². The summed E-state index contributed by atoms with van der Waals surface area (Å²) in [6.45, 7) is 1.97. The van der Waals surface area contributed by atoms with Gasteiger partial charge in [-0.25, -0.2) is 15.0 Å². The minimum absolute atomic E-state index is 0. The van der Waals surface area contributed by atoms with Crippen molar-refractivity contribution in [1.82, 2.24) is 24.3 Å². The highest BCUT2D eigenvalue weighted by atomic mass is 35.5. The quantitative estimate of drug-likeness (QED) is 0.245. The van der Waals surface area contributed by atoms with Crippen molar-refractivity contribution in [3.8, 4) is 11.5 Å². The first-order valence-corrected chi connectivity index (χ1v) is 12.3. The normalized spacial score (nSPS) is 12.4. The second-order valence-electron chi connectivity index (χ2n) is 7.24. The number of hydrogen-bond donors (Lipinski definition) is 3. The van der Waals surface area contributed by atoms with Gasteiger partial charge in [-0.3, -0.25) is 4.98 Å². The van der Waals surface area contributed by atoms with Crippen LogP contribution in [-0.4, -0.2) is 54.3 Å². The Morgan fingerprint density at radius 1 is 1.08 bits per heavy atom. The van der Waals surface area contributed by atoms with Crippen LogP contribution in [0.5, 0.6) is 11.5 Å². The van der Waals surface area contributed by atoms with E-state index in [9.17, 15) is 10.2 Å². The summed E-state index contributed by atoms with van der Waals surface area (Å²) in [6, 6.07) is 11.2. The minimum Gasteiger partial charge on any atom is -0.452 e. The summed E-state index contributed by atoms with van der Waals surface area (Å²) in [5.74, 6) is 1.59. The molecule has 0 aliphatic carbocycles. The molecule has 4 aromatic rings. The Hall–Kier alpha value is -2.87. The predicted octanol–water partition coefficient (Wildman–Crippen LogP) is 4.44. The lowest BCUT2D eigenvalue weighted by Gasteiger charge is -2.14. The van der Waals surface area contributed by atoms with E-state index < -0.39 is 12.2 Å². The zero-order valence-corrected chi connectivity index (χ0v) is 21.9. The Morgan fingerprint density at radius 3 is 2.67 bits per heavy atom. The van der Waals surface area contributed by atoms with Gasteiger partial charge in [-0.15, -0.1) is 12.4 Å². The zero-order chi connectivity index (χ0) is 24.6. The fraction of sp³-hybridized carbons (Fsp3) is 0.261. The molecule has 0 unspecified atom stereocenters. The van der Waals surface area contributed by atoms with E-state index in [0.29, 0.717) is 28.9 Å². The fourth-order valence-electron chi connectivity index (χ4n) is 3.02. The Labute approximate surface area is 222 Å². The van der Waals surface area contributed by atoms with E-state index in [2.05, 4.69) is 29.6 Å². The SMILES string of the molecule is CCc1ncccc1Oc1cc(Sc2ccccn2)cnc1Nc1nc([C@H](O)[C@@H](O)COC)ns1.Cl. The van der Waals surface area contributed by atoms with Gasteiger partial charge in [0.15, 0.2) is 17.4 Å². The van der Waals surface area contributed by atoms with E-state index in [-0.39, 0.29) is 24.8 Å². The Morgan fingerprint density at radius 2 is 1.92 bits per heavy atom. The van der Waals surface area contributed by atoms with Crippen molar-refractivity contribution in [3.05, 3.63) is 66.5 Å². The molecule has 10 nitrogen and oxygen atoms in total. The molecular weight excluding hydrogens is 524 g/mol. The van der Waals surface area contributed by atoms with Crippen molar-refractivity contribution in [2.24, 2.45) is 0 Å². The molecule has 0 fully saturated rings. The topological polar surface area (TPSA) is 135 Å². The highest BCUT2D eigenvalue weighted by Gasteiger charge is 2.23. The standard InChI is InChI=1S/C23H24N6O4S2.ClH/c1-3-15-17(7-6-10-24-15)33-18-11-14(34-19-8-4-5-9-25-19)12-26-21(18)27-23-28-22(29-35-23)20(31)16(30)13-32-2;/h4-12,16,20,30-31H,3,13H2,1-2H3,(H,26,27,28,29);1H/t16-,20+;/m0./s1. The van der Waals surface area contributed by atoms with Crippen molar-refractivity contribution < 1.29 is 19.7 Å². The summed E-state index contributed by atoms with van der Waals surface area (Å²) in [7, 11) is 1.44. The monoisotopic (exact) mass is 548 g/mol. The minimum atomic E-state index is -1.27. The number of nitrogens with zero attached hydrogens (tertiary/aromatic N) is 5. The molecule has 36 heavy (non-hydrogen) atoms. The Bertz CT molecular complexity index is 1250. The Kier molecular flexibility index (Phi) is 10.3. The predicted molar refractivity (Wildman–Crippen MR) is 140 cm³/mol. The summed E-state index contributed by atoms with van der Waals surface area (Å²) in [6.07, 6.45) is 3.46. The third-order valence-corrected chi connectivity index (χ3v) is 6.28. The van der Waals surface area contributed by atoms with E-state index >= 15 is 0 Å². The molecule has 2 atom stereocenters. The van der Waals surface area contributed by atoms with E-state index in [4.69, 9.17) is 9.47 Å². The molecular formula is C23H25ClN6O4S2. The van der Waals surface area contributed by atoms with Gasteiger partial charge in [0, 0.05) is 48.2 Å². The van der Waals surface area contributed by atoms with Crippen LogP contribution in [0.3, 0.4) is 0 Å². The van der Waals surface area contributed by atoms with Crippen LogP contribution in [0.2, 0.25) is 0 Å². The van der Waals surface area contributed by atoms with Crippen LogP contribution < -0.4 is 10.1 Å². The third kappa shape index (κ3) is 7.09. The van der Waals surface area contributed by atoms with Crippen molar-refractivity contribution in [1.29, 1.82) is 0 Å². The highest BCUT2D eigenvalue weighted by Crippen LogP contribution is 2.36. The molecule has 3 N–H and O–H groups in total. The molecule has 4 aromatic heterocycles. The van der Waals surface area contributed by atoms with E-state index in [1.165, 1.54) is 18.9 Å². The fourth-order valence-corrected chi connectivity index (χ4v) is 4.40. The maximum absolute atomic E-state index is 10.3. The number of hydrogen-bond acceptors (Lipinski definition) is 12. The van der Waals surface area contributed by atoms with Crippen molar-refractivity contribution in [2.45, 2.75) is 35.5 Å². The molecule has 0 aromatic carbocycles. The maximum Gasteiger partial charge on any atom is 0.208 e. The van der Waals surface area contributed by atoms with Gasteiger partial charge in [-0.2, -0.15) is 4.37 Å². The first kappa shape index (κ1) is 27.7. The van der Waals surface area contributed by atoms with E-state index in [1.807, 2.05) is 43.3 Å².